The Kier molecular flexibility index (Phi) is 6.13. The Hall–Kier alpha value is -2.48. The lowest BCUT2D eigenvalue weighted by Gasteiger charge is -2.36. The van der Waals surface area contributed by atoms with Crippen molar-refractivity contribution in [3.63, 3.8) is 0 Å². The van der Waals surface area contributed by atoms with Gasteiger partial charge in [0.15, 0.2) is 17.6 Å². The predicted octanol–water partition coefficient (Wildman–Crippen LogP) is 3.29. The molecule has 0 bridgehead atoms. The van der Waals surface area contributed by atoms with Crippen LogP contribution in [0.25, 0.3) is 0 Å². The Bertz CT molecular complexity index is 1010. The van der Waals surface area contributed by atoms with Gasteiger partial charge in [0.05, 0.1) is 20.1 Å². The summed E-state index contributed by atoms with van der Waals surface area (Å²) < 4.78 is 16.9. The molecule has 7 nitrogen and oxygen atoms in total. The summed E-state index contributed by atoms with van der Waals surface area (Å²) in [5.41, 5.74) is 3.12. The minimum Gasteiger partial charge on any atom is -0.493 e. The molecule has 0 spiro atoms. The highest BCUT2D eigenvalue weighted by molar-refractivity contribution is 6.30. The second-order valence-corrected chi connectivity index (χ2v) is 8.88. The van der Waals surface area contributed by atoms with Crippen LogP contribution in [-0.2, 0) is 11.4 Å². The highest BCUT2D eigenvalue weighted by Gasteiger charge is 2.41. The third-order valence-electron chi connectivity index (χ3n) is 6.46. The van der Waals surface area contributed by atoms with E-state index in [4.69, 9.17) is 30.6 Å². The number of fused-ring (bicyclic) bond motifs is 3. The molecule has 0 aromatic heterocycles. The summed E-state index contributed by atoms with van der Waals surface area (Å²) in [4.78, 5) is 10.8. The van der Waals surface area contributed by atoms with Crippen molar-refractivity contribution in [1.29, 1.82) is 0 Å². The molecule has 2 aromatic carbocycles. The van der Waals surface area contributed by atoms with Crippen LogP contribution < -0.4 is 14.2 Å². The normalized spacial score (nSPS) is 22.9. The van der Waals surface area contributed by atoms with Gasteiger partial charge in [-0.3, -0.25) is 9.80 Å². The number of hydrogen-bond acceptors (Lipinski definition) is 7. The van der Waals surface area contributed by atoms with Crippen molar-refractivity contribution >= 4 is 17.3 Å². The van der Waals surface area contributed by atoms with Crippen LogP contribution in [0.1, 0.15) is 11.1 Å². The third kappa shape index (κ3) is 4.25. The number of ether oxygens (including phenoxy) is 3. The van der Waals surface area contributed by atoms with Gasteiger partial charge in [-0.25, -0.2) is 0 Å². The van der Waals surface area contributed by atoms with Crippen molar-refractivity contribution in [2.45, 2.75) is 12.6 Å². The smallest absolute Gasteiger partial charge is 0.164 e. The van der Waals surface area contributed by atoms with Gasteiger partial charge in [0.2, 0.25) is 0 Å². The lowest BCUT2D eigenvalue weighted by molar-refractivity contribution is 0.00849. The fraction of sp³-hybridized carbons (Fsp3) is 0.458. The molecule has 2 aromatic rings. The Morgan fingerprint density at radius 3 is 2.53 bits per heavy atom. The van der Waals surface area contributed by atoms with Gasteiger partial charge in [0, 0.05) is 55.9 Å². The summed E-state index contributed by atoms with van der Waals surface area (Å²) in [6.07, 6.45) is -0.00859. The van der Waals surface area contributed by atoms with Gasteiger partial charge < -0.3 is 19.0 Å². The fourth-order valence-electron chi connectivity index (χ4n) is 4.67. The van der Waals surface area contributed by atoms with Gasteiger partial charge in [0.1, 0.15) is 18.1 Å². The number of methoxy groups -OCH3 is 2. The van der Waals surface area contributed by atoms with Gasteiger partial charge in [-0.05, 0) is 23.8 Å². The van der Waals surface area contributed by atoms with Crippen LogP contribution in [0.4, 0.5) is 0 Å². The van der Waals surface area contributed by atoms with Gasteiger partial charge in [-0.2, -0.15) is 0 Å². The molecule has 0 N–H and O–H groups in total. The van der Waals surface area contributed by atoms with Gasteiger partial charge in [-0.15, -0.1) is 0 Å². The Labute approximate surface area is 193 Å². The molecular weight excluding hydrogens is 430 g/mol. The lowest BCUT2D eigenvalue weighted by Crippen LogP contribution is -2.50. The van der Waals surface area contributed by atoms with E-state index in [0.29, 0.717) is 18.1 Å². The molecule has 5 rings (SSSR count). The maximum absolute atomic E-state index is 6.13. The van der Waals surface area contributed by atoms with Crippen LogP contribution >= 0.6 is 11.6 Å². The fourth-order valence-corrected chi connectivity index (χ4v) is 4.89. The van der Waals surface area contributed by atoms with E-state index < -0.39 is 0 Å². The molecule has 32 heavy (non-hydrogen) atoms. The standard InChI is InChI=1S/C24H28ClN3O4/c1-29-21-11-18-20(12-22(21)30-2)31-15-19-23(32-26-24(18)19)14-28-8-6-27(7-9-28)13-16-4-3-5-17(25)10-16/h3-5,10-12,19,23H,6-9,13-15H2,1-2H3. The average molecular weight is 458 g/mol. The number of hydrogen-bond donors (Lipinski definition) is 0. The number of oxime groups is 1. The quantitative estimate of drug-likeness (QED) is 0.663. The summed E-state index contributed by atoms with van der Waals surface area (Å²) in [6.45, 7) is 6.38. The van der Waals surface area contributed by atoms with E-state index in [-0.39, 0.29) is 12.0 Å². The minimum atomic E-state index is -0.00859. The molecule has 3 heterocycles. The van der Waals surface area contributed by atoms with Crippen LogP contribution in [0.3, 0.4) is 0 Å². The van der Waals surface area contributed by atoms with Crippen LogP contribution in [0.2, 0.25) is 5.02 Å². The van der Waals surface area contributed by atoms with E-state index in [1.165, 1.54) is 5.56 Å². The number of nitrogens with zero attached hydrogens (tertiary/aromatic N) is 3. The maximum Gasteiger partial charge on any atom is 0.164 e. The number of rotatable bonds is 6. The highest BCUT2D eigenvalue weighted by Crippen LogP contribution is 2.40. The SMILES string of the molecule is COc1cc2c(cc1OC)C1=NOC(CN3CCN(Cc4cccc(Cl)c4)CC3)C1CO2. The molecule has 1 saturated heterocycles. The summed E-state index contributed by atoms with van der Waals surface area (Å²) in [7, 11) is 3.25. The zero-order chi connectivity index (χ0) is 22.1. The van der Waals surface area contributed by atoms with E-state index in [0.717, 1.165) is 61.3 Å². The molecule has 3 aliphatic heterocycles. The summed E-state index contributed by atoms with van der Waals surface area (Å²) in [5.74, 6) is 2.19. The molecule has 170 valence electrons. The first kappa shape index (κ1) is 21.4. The molecule has 2 atom stereocenters. The summed E-state index contributed by atoms with van der Waals surface area (Å²) in [5, 5.41) is 5.24. The summed E-state index contributed by atoms with van der Waals surface area (Å²) >= 11 is 6.13. The van der Waals surface area contributed by atoms with Crippen molar-refractivity contribution in [2.24, 2.45) is 11.1 Å². The molecule has 1 fully saturated rings. The number of benzene rings is 2. The zero-order valence-electron chi connectivity index (χ0n) is 18.4. The van der Waals surface area contributed by atoms with Crippen LogP contribution in [0.15, 0.2) is 41.6 Å². The van der Waals surface area contributed by atoms with Crippen molar-refractivity contribution in [3.05, 3.63) is 52.5 Å². The largest absolute Gasteiger partial charge is 0.493 e. The van der Waals surface area contributed by atoms with E-state index in [9.17, 15) is 0 Å². The Morgan fingerprint density at radius 1 is 1.03 bits per heavy atom. The number of piperazine rings is 1. The third-order valence-corrected chi connectivity index (χ3v) is 6.70. The van der Waals surface area contributed by atoms with E-state index in [1.54, 1.807) is 14.2 Å². The molecular formula is C24H28ClN3O4. The molecule has 8 heteroatoms. The van der Waals surface area contributed by atoms with Crippen LogP contribution in [0, 0.1) is 5.92 Å². The average Bonchev–Trinajstić information content (AvgIpc) is 3.22. The molecule has 0 saturated carbocycles. The molecule has 0 amide bonds. The van der Waals surface area contributed by atoms with E-state index in [1.807, 2.05) is 30.3 Å². The van der Waals surface area contributed by atoms with Crippen molar-refractivity contribution in [3.8, 4) is 17.2 Å². The van der Waals surface area contributed by atoms with Crippen LogP contribution in [-0.4, -0.2) is 75.2 Å². The maximum atomic E-state index is 6.13. The monoisotopic (exact) mass is 457 g/mol. The summed E-state index contributed by atoms with van der Waals surface area (Å²) in [6, 6.07) is 11.9. The lowest BCUT2D eigenvalue weighted by atomic mass is 9.90. The van der Waals surface area contributed by atoms with Gasteiger partial charge in [0.25, 0.3) is 0 Å². The Morgan fingerprint density at radius 2 is 1.78 bits per heavy atom. The zero-order valence-corrected chi connectivity index (χ0v) is 19.2. The Balaban J connectivity index is 1.18. The first-order chi connectivity index (χ1) is 15.6. The van der Waals surface area contributed by atoms with E-state index in [2.05, 4.69) is 21.0 Å². The number of halogens is 1. The molecule has 0 radical (unpaired) electrons. The van der Waals surface area contributed by atoms with Crippen LogP contribution in [0.5, 0.6) is 17.2 Å². The molecule has 2 unspecified atom stereocenters. The first-order valence-corrected chi connectivity index (χ1v) is 11.3. The van der Waals surface area contributed by atoms with Gasteiger partial charge in [-0.1, -0.05) is 28.9 Å². The second kappa shape index (κ2) is 9.17. The first-order valence-electron chi connectivity index (χ1n) is 11.0. The molecule has 0 aliphatic carbocycles. The van der Waals surface area contributed by atoms with Crippen molar-refractivity contribution in [1.82, 2.24) is 9.80 Å². The van der Waals surface area contributed by atoms with Crippen molar-refractivity contribution in [2.75, 3.05) is 53.6 Å². The topological polar surface area (TPSA) is 55.8 Å². The second-order valence-electron chi connectivity index (χ2n) is 8.45. The van der Waals surface area contributed by atoms with Gasteiger partial charge >= 0.3 is 0 Å². The minimum absolute atomic E-state index is 0.00859. The predicted molar refractivity (Wildman–Crippen MR) is 123 cm³/mol. The van der Waals surface area contributed by atoms with Crippen molar-refractivity contribution < 1.29 is 19.0 Å². The van der Waals surface area contributed by atoms with E-state index >= 15 is 0 Å². The highest BCUT2D eigenvalue weighted by atomic mass is 35.5. The molecule has 3 aliphatic rings.